The Morgan fingerprint density at radius 1 is 1.03 bits per heavy atom. The van der Waals surface area contributed by atoms with Gasteiger partial charge in [-0.2, -0.15) is 0 Å². The van der Waals surface area contributed by atoms with Gasteiger partial charge < -0.3 is 20.1 Å². The normalized spacial score (nSPS) is 12.5. The standard InChI is InChI=1S/C22H19ClN2O5S/c1-14-5-8-16(9-6-14)31(27,28)20-4-2-3-17(22(20)23)24-12-21(26)25-15-7-10-18-19(11-15)30-13-29-18/h2-11,24H,12-13H2,1H3,(H,25,26). The van der Waals surface area contributed by atoms with Crippen LogP contribution in [-0.2, 0) is 14.6 Å². The summed E-state index contributed by atoms with van der Waals surface area (Å²) in [7, 11) is -3.80. The molecular weight excluding hydrogens is 440 g/mol. The summed E-state index contributed by atoms with van der Waals surface area (Å²) in [5.74, 6) is 0.846. The maximum absolute atomic E-state index is 13.0. The van der Waals surface area contributed by atoms with Crippen molar-refractivity contribution in [3.8, 4) is 11.5 Å². The summed E-state index contributed by atoms with van der Waals surface area (Å²) in [5, 5.41) is 5.66. The van der Waals surface area contributed by atoms with Gasteiger partial charge in [-0.05, 0) is 43.3 Å². The summed E-state index contributed by atoms with van der Waals surface area (Å²) in [6.07, 6.45) is 0. The number of aryl methyl sites for hydroxylation is 1. The monoisotopic (exact) mass is 458 g/mol. The number of anilines is 2. The zero-order valence-corrected chi connectivity index (χ0v) is 18.1. The molecule has 1 aliphatic rings. The van der Waals surface area contributed by atoms with Crippen molar-refractivity contribution in [3.63, 3.8) is 0 Å². The number of hydrogen-bond donors (Lipinski definition) is 2. The van der Waals surface area contributed by atoms with Gasteiger partial charge in [-0.1, -0.05) is 35.4 Å². The summed E-state index contributed by atoms with van der Waals surface area (Å²) < 4.78 is 36.5. The molecule has 3 aromatic rings. The van der Waals surface area contributed by atoms with E-state index in [2.05, 4.69) is 10.6 Å². The van der Waals surface area contributed by atoms with E-state index in [4.69, 9.17) is 21.1 Å². The number of fused-ring (bicyclic) bond motifs is 1. The van der Waals surface area contributed by atoms with Gasteiger partial charge in [0.25, 0.3) is 0 Å². The first-order valence-electron chi connectivity index (χ1n) is 9.38. The van der Waals surface area contributed by atoms with Crippen LogP contribution in [0.2, 0.25) is 5.02 Å². The van der Waals surface area contributed by atoms with Crippen molar-refractivity contribution in [2.75, 3.05) is 24.0 Å². The number of amides is 1. The quantitative estimate of drug-likeness (QED) is 0.573. The molecule has 0 atom stereocenters. The fourth-order valence-electron chi connectivity index (χ4n) is 3.05. The number of hydrogen-bond acceptors (Lipinski definition) is 6. The minimum atomic E-state index is -3.80. The van der Waals surface area contributed by atoms with Crippen molar-refractivity contribution in [2.45, 2.75) is 16.7 Å². The molecule has 0 radical (unpaired) electrons. The summed E-state index contributed by atoms with van der Waals surface area (Å²) in [4.78, 5) is 12.4. The van der Waals surface area contributed by atoms with Gasteiger partial charge in [0.1, 0.15) is 0 Å². The molecule has 3 aromatic carbocycles. The summed E-state index contributed by atoms with van der Waals surface area (Å²) in [6, 6.07) is 16.2. The number of carbonyl (C=O) groups excluding carboxylic acids is 1. The lowest BCUT2D eigenvalue weighted by Crippen LogP contribution is -2.22. The van der Waals surface area contributed by atoms with E-state index in [0.717, 1.165) is 5.56 Å². The number of halogens is 1. The highest BCUT2D eigenvalue weighted by Crippen LogP contribution is 2.35. The van der Waals surface area contributed by atoms with Crippen molar-refractivity contribution < 1.29 is 22.7 Å². The van der Waals surface area contributed by atoms with E-state index in [1.54, 1.807) is 54.6 Å². The summed E-state index contributed by atoms with van der Waals surface area (Å²) >= 11 is 6.38. The van der Waals surface area contributed by atoms with Crippen LogP contribution in [0.25, 0.3) is 0 Å². The van der Waals surface area contributed by atoms with E-state index < -0.39 is 9.84 Å². The van der Waals surface area contributed by atoms with Crippen LogP contribution in [-0.4, -0.2) is 27.7 Å². The Hall–Kier alpha value is -3.23. The molecule has 1 amide bonds. The van der Waals surface area contributed by atoms with Crippen molar-refractivity contribution in [2.24, 2.45) is 0 Å². The van der Waals surface area contributed by atoms with E-state index in [1.807, 2.05) is 6.92 Å². The highest BCUT2D eigenvalue weighted by molar-refractivity contribution is 7.91. The van der Waals surface area contributed by atoms with Crippen LogP contribution in [0.1, 0.15) is 5.56 Å². The first-order chi connectivity index (χ1) is 14.8. The molecule has 0 saturated carbocycles. The molecule has 0 aromatic heterocycles. The highest BCUT2D eigenvalue weighted by Gasteiger charge is 2.22. The maximum atomic E-state index is 13.0. The Balaban J connectivity index is 1.47. The molecule has 160 valence electrons. The Labute approximate surface area is 184 Å². The molecule has 0 bridgehead atoms. The molecule has 0 fully saturated rings. The van der Waals surface area contributed by atoms with E-state index in [1.165, 1.54) is 6.07 Å². The molecule has 4 rings (SSSR count). The van der Waals surface area contributed by atoms with Gasteiger partial charge in [0, 0.05) is 11.8 Å². The van der Waals surface area contributed by atoms with Crippen molar-refractivity contribution in [1.82, 2.24) is 0 Å². The first kappa shape index (κ1) is 21.0. The SMILES string of the molecule is Cc1ccc(S(=O)(=O)c2cccc(NCC(=O)Nc3ccc4c(c3)OCO4)c2Cl)cc1. The lowest BCUT2D eigenvalue weighted by Gasteiger charge is -2.13. The Morgan fingerprint density at radius 3 is 2.55 bits per heavy atom. The lowest BCUT2D eigenvalue weighted by atomic mass is 10.2. The minimum absolute atomic E-state index is 0.0268. The zero-order valence-electron chi connectivity index (χ0n) is 16.5. The maximum Gasteiger partial charge on any atom is 0.243 e. The molecule has 0 unspecified atom stereocenters. The molecule has 0 saturated heterocycles. The average Bonchev–Trinajstić information content (AvgIpc) is 3.21. The van der Waals surface area contributed by atoms with E-state index in [9.17, 15) is 13.2 Å². The first-order valence-corrected chi connectivity index (χ1v) is 11.2. The Kier molecular flexibility index (Phi) is 5.75. The average molecular weight is 459 g/mol. The van der Waals surface area contributed by atoms with Gasteiger partial charge in [0.05, 0.1) is 27.0 Å². The number of rotatable bonds is 6. The van der Waals surface area contributed by atoms with E-state index >= 15 is 0 Å². The zero-order chi connectivity index (χ0) is 22.0. The largest absolute Gasteiger partial charge is 0.454 e. The minimum Gasteiger partial charge on any atom is -0.454 e. The van der Waals surface area contributed by atoms with Crippen LogP contribution < -0.4 is 20.1 Å². The fourth-order valence-corrected chi connectivity index (χ4v) is 4.90. The van der Waals surface area contributed by atoms with Gasteiger partial charge in [0.15, 0.2) is 11.5 Å². The second-order valence-corrected chi connectivity index (χ2v) is 9.20. The van der Waals surface area contributed by atoms with Crippen molar-refractivity contribution >= 4 is 38.7 Å². The molecule has 0 spiro atoms. The van der Waals surface area contributed by atoms with Gasteiger partial charge >= 0.3 is 0 Å². The van der Waals surface area contributed by atoms with E-state index in [-0.39, 0.29) is 34.1 Å². The smallest absolute Gasteiger partial charge is 0.243 e. The van der Waals surface area contributed by atoms with Crippen LogP contribution in [0, 0.1) is 6.92 Å². The molecular formula is C22H19ClN2O5S. The van der Waals surface area contributed by atoms with Crippen LogP contribution in [0.5, 0.6) is 11.5 Å². The Morgan fingerprint density at radius 2 is 1.77 bits per heavy atom. The van der Waals surface area contributed by atoms with E-state index in [0.29, 0.717) is 22.9 Å². The predicted molar refractivity (Wildman–Crippen MR) is 118 cm³/mol. The summed E-state index contributed by atoms with van der Waals surface area (Å²) in [5.41, 5.74) is 1.85. The molecule has 2 N–H and O–H groups in total. The van der Waals surface area contributed by atoms with Crippen LogP contribution in [0.3, 0.4) is 0 Å². The third-order valence-electron chi connectivity index (χ3n) is 4.68. The number of benzene rings is 3. The number of nitrogens with one attached hydrogen (secondary N) is 2. The van der Waals surface area contributed by atoms with Crippen LogP contribution >= 0.6 is 11.6 Å². The van der Waals surface area contributed by atoms with Gasteiger partial charge in [0.2, 0.25) is 22.5 Å². The summed E-state index contributed by atoms with van der Waals surface area (Å²) in [6.45, 7) is 1.92. The Bertz CT molecular complexity index is 1240. The highest BCUT2D eigenvalue weighted by atomic mass is 35.5. The predicted octanol–water partition coefficient (Wildman–Crippen LogP) is 4.26. The molecule has 31 heavy (non-hydrogen) atoms. The number of sulfone groups is 1. The van der Waals surface area contributed by atoms with Crippen LogP contribution in [0.4, 0.5) is 11.4 Å². The van der Waals surface area contributed by atoms with Crippen LogP contribution in [0.15, 0.2) is 70.5 Å². The third-order valence-corrected chi connectivity index (χ3v) is 7.01. The fraction of sp³-hybridized carbons (Fsp3) is 0.136. The second-order valence-electron chi connectivity index (χ2n) is 6.90. The lowest BCUT2D eigenvalue weighted by molar-refractivity contribution is -0.114. The molecule has 9 heteroatoms. The van der Waals surface area contributed by atoms with Crippen molar-refractivity contribution in [1.29, 1.82) is 0 Å². The van der Waals surface area contributed by atoms with Gasteiger partial charge in [-0.25, -0.2) is 8.42 Å². The third kappa shape index (κ3) is 4.45. The number of carbonyl (C=O) groups is 1. The van der Waals surface area contributed by atoms with Gasteiger partial charge in [-0.15, -0.1) is 0 Å². The molecule has 1 aliphatic heterocycles. The van der Waals surface area contributed by atoms with Crippen molar-refractivity contribution in [3.05, 3.63) is 71.2 Å². The van der Waals surface area contributed by atoms with Gasteiger partial charge in [-0.3, -0.25) is 4.79 Å². The molecule has 7 nitrogen and oxygen atoms in total. The molecule has 0 aliphatic carbocycles. The topological polar surface area (TPSA) is 93.7 Å². The second kappa shape index (κ2) is 8.49. The number of ether oxygens (including phenoxy) is 2. The molecule has 1 heterocycles.